The Bertz CT molecular complexity index is 1650. The number of hydrogen-bond donors (Lipinski definition) is 0. The molecule has 0 bridgehead atoms. The molecule has 1 aromatic heterocycles. The van der Waals surface area contributed by atoms with Gasteiger partial charge in [-0.1, -0.05) is 43.1 Å². The minimum atomic E-state index is -0.902. The number of anilines is 2. The summed E-state index contributed by atoms with van der Waals surface area (Å²) in [5.41, 5.74) is 3.80. The molecular weight excluding hydrogens is 613 g/mol. The molecule has 1 unspecified atom stereocenters. The van der Waals surface area contributed by atoms with Gasteiger partial charge in [-0.25, -0.2) is 14.0 Å². The highest BCUT2D eigenvalue weighted by atomic mass is 35.5. The normalized spacial score (nSPS) is 20.9. The molecule has 0 aliphatic carbocycles. The van der Waals surface area contributed by atoms with Crippen molar-refractivity contribution in [2.45, 2.75) is 51.5 Å². The Morgan fingerprint density at radius 1 is 0.933 bits per heavy atom. The summed E-state index contributed by atoms with van der Waals surface area (Å²) < 4.78 is 21.7. The number of ether oxygens (including phenoxy) is 3. The van der Waals surface area contributed by atoms with Crippen LogP contribution >= 0.6 is 23.2 Å². The van der Waals surface area contributed by atoms with Crippen LogP contribution in [0.2, 0.25) is 10.0 Å². The van der Waals surface area contributed by atoms with Crippen LogP contribution in [-0.2, 0) is 15.3 Å². The first kappa shape index (κ1) is 31.5. The van der Waals surface area contributed by atoms with E-state index < -0.39 is 5.79 Å². The summed E-state index contributed by atoms with van der Waals surface area (Å²) in [6.45, 7) is 10.5. The van der Waals surface area contributed by atoms with Gasteiger partial charge in [0.05, 0.1) is 23.4 Å². The second kappa shape index (κ2) is 13.5. The minimum absolute atomic E-state index is 0.0723. The quantitative estimate of drug-likeness (QED) is 0.189. The molecule has 0 radical (unpaired) electrons. The van der Waals surface area contributed by atoms with Crippen LogP contribution < -0.4 is 20.2 Å². The molecule has 0 spiro atoms. The highest BCUT2D eigenvalue weighted by Crippen LogP contribution is 2.41. The van der Waals surface area contributed by atoms with Gasteiger partial charge in [0.1, 0.15) is 24.8 Å². The largest absolute Gasteiger partial charge is 0.491 e. The molecule has 11 heteroatoms. The number of nitrogens with zero attached hydrogens (tertiary/aromatic N) is 5. The lowest BCUT2D eigenvalue weighted by atomic mass is 10.0. The summed E-state index contributed by atoms with van der Waals surface area (Å²) in [5, 5.41) is 5.40. The van der Waals surface area contributed by atoms with Crippen LogP contribution in [0.25, 0.3) is 5.69 Å². The van der Waals surface area contributed by atoms with Gasteiger partial charge in [-0.15, -0.1) is 0 Å². The zero-order chi connectivity index (χ0) is 31.6. The van der Waals surface area contributed by atoms with Gasteiger partial charge < -0.3 is 24.0 Å². The average Bonchev–Trinajstić information content (AvgIpc) is 3.68. The van der Waals surface area contributed by atoms with Crippen LogP contribution in [0.5, 0.6) is 5.75 Å². The van der Waals surface area contributed by atoms with E-state index in [9.17, 15) is 4.79 Å². The third-order valence-corrected chi connectivity index (χ3v) is 9.33. The van der Waals surface area contributed by atoms with E-state index in [2.05, 4.69) is 46.1 Å². The Morgan fingerprint density at radius 2 is 1.56 bits per heavy atom. The van der Waals surface area contributed by atoms with Crippen molar-refractivity contribution in [3.05, 3.63) is 99.2 Å². The third-order valence-electron chi connectivity index (χ3n) is 8.78. The summed E-state index contributed by atoms with van der Waals surface area (Å²) >= 11 is 12.6. The average molecular weight is 653 g/mol. The summed E-state index contributed by atoms with van der Waals surface area (Å²) in [4.78, 5) is 17.5. The van der Waals surface area contributed by atoms with Crippen molar-refractivity contribution in [3.63, 3.8) is 0 Å². The monoisotopic (exact) mass is 651 g/mol. The lowest BCUT2D eigenvalue weighted by Crippen LogP contribution is -2.46. The molecule has 0 saturated carbocycles. The maximum atomic E-state index is 12.8. The van der Waals surface area contributed by atoms with E-state index in [1.807, 2.05) is 44.2 Å². The first-order valence-electron chi connectivity index (χ1n) is 15.6. The van der Waals surface area contributed by atoms with Crippen LogP contribution in [0.4, 0.5) is 11.4 Å². The van der Waals surface area contributed by atoms with Crippen molar-refractivity contribution >= 4 is 34.6 Å². The van der Waals surface area contributed by atoms with Gasteiger partial charge in [0, 0.05) is 54.6 Å². The van der Waals surface area contributed by atoms with E-state index >= 15 is 0 Å². The predicted octanol–water partition coefficient (Wildman–Crippen LogP) is 6.70. The summed E-state index contributed by atoms with van der Waals surface area (Å²) in [7, 11) is 0. The van der Waals surface area contributed by atoms with Gasteiger partial charge in [0.25, 0.3) is 0 Å². The second-order valence-electron chi connectivity index (χ2n) is 11.6. The first-order valence-corrected chi connectivity index (χ1v) is 16.3. The van der Waals surface area contributed by atoms with E-state index in [0.717, 1.165) is 61.0 Å². The summed E-state index contributed by atoms with van der Waals surface area (Å²) in [5.74, 6) is -0.117. The number of benzene rings is 3. The van der Waals surface area contributed by atoms with Crippen molar-refractivity contribution in [3.8, 4) is 11.4 Å². The van der Waals surface area contributed by atoms with Crippen molar-refractivity contribution in [1.82, 2.24) is 14.3 Å². The highest BCUT2D eigenvalue weighted by molar-refractivity contribution is 6.35. The molecule has 9 nitrogen and oxygen atoms in total. The van der Waals surface area contributed by atoms with Crippen molar-refractivity contribution in [2.75, 3.05) is 49.2 Å². The van der Waals surface area contributed by atoms with Crippen LogP contribution in [0, 0.1) is 0 Å². The molecule has 2 saturated heterocycles. The topological polar surface area (TPSA) is 74.0 Å². The van der Waals surface area contributed by atoms with Gasteiger partial charge in [-0.3, -0.25) is 0 Å². The molecule has 2 aliphatic rings. The number of piperazine rings is 1. The molecule has 0 N–H and O–H groups in total. The molecule has 45 heavy (non-hydrogen) atoms. The van der Waals surface area contributed by atoms with Crippen LogP contribution in [0.3, 0.4) is 0 Å². The van der Waals surface area contributed by atoms with Gasteiger partial charge >= 0.3 is 5.69 Å². The Hall–Kier alpha value is -3.50. The standard InChI is InChI=1S/C34H39Cl2N5O4/c1-4-24(3)41-33(42)40(23-37-41)28-9-7-26(8-10-28)38-16-18-39(19-17-38)27-11-13-29(14-12-27)43-21-30-22-44-34(5-2,45-30)31-15-6-25(35)20-32(31)36/h6-15,20,23-24,30H,4-5,16-19,21-22H2,1-3H3/t24?,30-,34-/m0/s1. The number of aromatic nitrogens is 3. The highest BCUT2D eigenvalue weighted by Gasteiger charge is 2.43. The van der Waals surface area contributed by atoms with E-state index in [1.165, 1.54) is 0 Å². The van der Waals surface area contributed by atoms with E-state index in [-0.39, 0.29) is 17.8 Å². The van der Waals surface area contributed by atoms with E-state index in [4.69, 9.17) is 37.4 Å². The zero-order valence-corrected chi connectivity index (χ0v) is 27.4. The maximum Gasteiger partial charge on any atom is 0.350 e. The molecule has 6 rings (SSSR count). The van der Waals surface area contributed by atoms with Gasteiger partial charge in [0.2, 0.25) is 0 Å². The summed E-state index contributed by atoms with van der Waals surface area (Å²) in [6, 6.07) is 21.8. The molecule has 2 fully saturated rings. The molecule has 2 aliphatic heterocycles. The van der Waals surface area contributed by atoms with Crippen LogP contribution in [0.15, 0.2) is 77.9 Å². The number of hydrogen-bond acceptors (Lipinski definition) is 7. The Morgan fingerprint density at radius 3 is 2.16 bits per heavy atom. The molecule has 238 valence electrons. The fourth-order valence-electron chi connectivity index (χ4n) is 5.92. The molecule has 0 amide bonds. The maximum absolute atomic E-state index is 12.8. The molecule has 3 aromatic carbocycles. The minimum Gasteiger partial charge on any atom is -0.491 e. The van der Waals surface area contributed by atoms with E-state index in [1.54, 1.807) is 27.7 Å². The zero-order valence-electron chi connectivity index (χ0n) is 25.9. The van der Waals surface area contributed by atoms with Gasteiger partial charge in [-0.05, 0) is 74.0 Å². The van der Waals surface area contributed by atoms with Crippen molar-refractivity contribution < 1.29 is 14.2 Å². The molecular formula is C34H39Cl2N5O4. The van der Waals surface area contributed by atoms with Crippen molar-refractivity contribution in [1.29, 1.82) is 0 Å². The van der Waals surface area contributed by atoms with Crippen LogP contribution in [-0.4, -0.2) is 59.8 Å². The lowest BCUT2D eigenvalue weighted by Gasteiger charge is -2.37. The SMILES string of the molecule is CCC(C)n1ncn(-c2ccc(N3CCN(c4ccc(OC[C@H]5CO[C@](CC)(c6ccc(Cl)cc6Cl)O5)cc4)CC3)cc2)c1=O. The molecule has 3 atom stereocenters. The first-order chi connectivity index (χ1) is 21.8. The Labute approximate surface area is 273 Å². The fraction of sp³-hybridized carbons (Fsp3) is 0.412. The predicted molar refractivity (Wildman–Crippen MR) is 178 cm³/mol. The van der Waals surface area contributed by atoms with Gasteiger partial charge in [0.15, 0.2) is 5.79 Å². The Kier molecular flexibility index (Phi) is 9.42. The number of rotatable bonds is 10. The molecule has 4 aromatic rings. The van der Waals surface area contributed by atoms with Gasteiger partial charge in [-0.2, -0.15) is 5.10 Å². The fourth-order valence-corrected chi connectivity index (χ4v) is 6.47. The Balaban J connectivity index is 0.998. The third kappa shape index (κ3) is 6.58. The summed E-state index contributed by atoms with van der Waals surface area (Å²) in [6.07, 6.45) is 2.85. The van der Waals surface area contributed by atoms with Crippen LogP contribution in [0.1, 0.15) is 45.2 Å². The number of halogens is 2. The lowest BCUT2D eigenvalue weighted by molar-refractivity contribution is -0.181. The second-order valence-corrected chi connectivity index (χ2v) is 12.4. The van der Waals surface area contributed by atoms with Crippen molar-refractivity contribution in [2.24, 2.45) is 0 Å². The van der Waals surface area contributed by atoms with E-state index in [0.29, 0.717) is 29.7 Å². The smallest absolute Gasteiger partial charge is 0.350 e. The molecule has 3 heterocycles.